The van der Waals surface area contributed by atoms with E-state index in [0.29, 0.717) is 23.0 Å². The Balaban J connectivity index is 3.42. The van der Waals surface area contributed by atoms with Crippen molar-refractivity contribution < 1.29 is 19.8 Å². The maximum atomic E-state index is 11.2. The fraction of sp³-hybridized carbons (Fsp3) is 0.556. The Hall–Kier alpha value is -1.84. The number of carboxylic acid groups (broad SMARTS) is 2. The molecule has 0 aromatic heterocycles. The van der Waals surface area contributed by atoms with Crippen LogP contribution in [0, 0.1) is 11.8 Å². The summed E-state index contributed by atoms with van der Waals surface area (Å²) < 4.78 is 0. The van der Waals surface area contributed by atoms with E-state index in [-0.39, 0.29) is 12.8 Å². The number of aliphatic carboxylic acids is 2. The standard InChI is InChI=1S/C18H26O4/c1-11(2)7-13-5-6-14(9-17(19)20)16(10-18(21)22)15(13)8-12(3)4/h5-6,11-12H,7-10H2,1-4H3,(H,19,20)(H,21,22). The van der Waals surface area contributed by atoms with Crippen LogP contribution < -0.4 is 0 Å². The predicted molar refractivity (Wildman–Crippen MR) is 86.2 cm³/mol. The molecule has 1 rings (SSSR count). The van der Waals surface area contributed by atoms with Gasteiger partial charge in [-0.15, -0.1) is 0 Å². The molecule has 0 fully saturated rings. The molecule has 0 aliphatic heterocycles. The summed E-state index contributed by atoms with van der Waals surface area (Å²) in [6, 6.07) is 3.76. The first-order valence-electron chi connectivity index (χ1n) is 7.76. The summed E-state index contributed by atoms with van der Waals surface area (Å²) in [4.78, 5) is 22.3. The summed E-state index contributed by atoms with van der Waals surface area (Å²) in [7, 11) is 0. The first-order chi connectivity index (χ1) is 10.2. The molecule has 0 saturated heterocycles. The van der Waals surface area contributed by atoms with Gasteiger partial charge in [0.2, 0.25) is 0 Å². The Morgan fingerprint density at radius 1 is 0.818 bits per heavy atom. The van der Waals surface area contributed by atoms with Crippen molar-refractivity contribution in [3.05, 3.63) is 34.4 Å². The number of hydrogen-bond acceptors (Lipinski definition) is 2. The molecule has 4 heteroatoms. The van der Waals surface area contributed by atoms with E-state index >= 15 is 0 Å². The lowest BCUT2D eigenvalue weighted by Gasteiger charge is -2.20. The molecule has 0 heterocycles. The zero-order valence-corrected chi connectivity index (χ0v) is 13.8. The number of carboxylic acids is 2. The van der Waals surface area contributed by atoms with Crippen molar-refractivity contribution in [1.29, 1.82) is 0 Å². The minimum Gasteiger partial charge on any atom is -0.481 e. The summed E-state index contributed by atoms with van der Waals surface area (Å²) in [6.07, 6.45) is 1.41. The van der Waals surface area contributed by atoms with E-state index in [9.17, 15) is 14.7 Å². The summed E-state index contributed by atoms with van der Waals surface area (Å²) >= 11 is 0. The number of benzene rings is 1. The van der Waals surface area contributed by atoms with Crippen LogP contribution >= 0.6 is 0 Å². The van der Waals surface area contributed by atoms with Gasteiger partial charge in [-0.3, -0.25) is 9.59 Å². The van der Waals surface area contributed by atoms with E-state index in [1.54, 1.807) is 6.07 Å². The molecule has 0 atom stereocenters. The first-order valence-corrected chi connectivity index (χ1v) is 7.76. The van der Waals surface area contributed by atoms with Gasteiger partial charge in [0.1, 0.15) is 0 Å². The predicted octanol–water partition coefficient (Wildman–Crippen LogP) is 3.34. The monoisotopic (exact) mass is 306 g/mol. The van der Waals surface area contributed by atoms with E-state index in [4.69, 9.17) is 5.11 Å². The van der Waals surface area contributed by atoms with Gasteiger partial charge in [-0.25, -0.2) is 0 Å². The van der Waals surface area contributed by atoms with Gasteiger partial charge in [0, 0.05) is 0 Å². The fourth-order valence-electron chi connectivity index (χ4n) is 2.78. The molecule has 0 bridgehead atoms. The highest BCUT2D eigenvalue weighted by Gasteiger charge is 2.18. The lowest BCUT2D eigenvalue weighted by molar-refractivity contribution is -0.137. The van der Waals surface area contributed by atoms with Crippen molar-refractivity contribution in [2.24, 2.45) is 11.8 Å². The van der Waals surface area contributed by atoms with Crippen LogP contribution in [0.5, 0.6) is 0 Å². The van der Waals surface area contributed by atoms with Gasteiger partial charge in [-0.1, -0.05) is 39.8 Å². The molecule has 0 radical (unpaired) electrons. The van der Waals surface area contributed by atoms with Crippen LogP contribution in [0.1, 0.15) is 49.9 Å². The van der Waals surface area contributed by atoms with E-state index in [1.807, 2.05) is 6.07 Å². The van der Waals surface area contributed by atoms with Gasteiger partial charge in [0.25, 0.3) is 0 Å². The van der Waals surface area contributed by atoms with Gasteiger partial charge >= 0.3 is 11.9 Å². The second-order valence-corrected chi connectivity index (χ2v) is 6.68. The summed E-state index contributed by atoms with van der Waals surface area (Å²) in [5.74, 6) is -0.996. The topological polar surface area (TPSA) is 74.6 Å². The summed E-state index contributed by atoms with van der Waals surface area (Å²) in [6.45, 7) is 8.43. The number of carbonyl (C=O) groups is 2. The zero-order valence-electron chi connectivity index (χ0n) is 13.8. The Morgan fingerprint density at radius 3 is 1.77 bits per heavy atom. The third kappa shape index (κ3) is 5.51. The molecule has 2 N–H and O–H groups in total. The third-order valence-corrected chi connectivity index (χ3v) is 3.54. The highest BCUT2D eigenvalue weighted by Crippen LogP contribution is 2.26. The summed E-state index contributed by atoms with van der Waals surface area (Å²) in [5, 5.41) is 18.3. The molecule has 0 unspecified atom stereocenters. The molecule has 4 nitrogen and oxygen atoms in total. The van der Waals surface area contributed by atoms with Crippen LogP contribution in [0.4, 0.5) is 0 Å². The molecule has 0 spiro atoms. The maximum Gasteiger partial charge on any atom is 0.307 e. The maximum absolute atomic E-state index is 11.2. The molecule has 122 valence electrons. The van der Waals surface area contributed by atoms with Crippen molar-refractivity contribution in [3.8, 4) is 0 Å². The molecular weight excluding hydrogens is 280 g/mol. The molecule has 1 aromatic carbocycles. The van der Waals surface area contributed by atoms with E-state index in [0.717, 1.165) is 24.0 Å². The Morgan fingerprint density at radius 2 is 1.32 bits per heavy atom. The van der Waals surface area contributed by atoms with Crippen LogP contribution in [-0.4, -0.2) is 22.2 Å². The lowest BCUT2D eigenvalue weighted by atomic mass is 9.85. The highest BCUT2D eigenvalue weighted by molar-refractivity contribution is 5.75. The van der Waals surface area contributed by atoms with Crippen molar-refractivity contribution >= 4 is 11.9 Å². The highest BCUT2D eigenvalue weighted by atomic mass is 16.4. The number of hydrogen-bond donors (Lipinski definition) is 2. The van der Waals surface area contributed by atoms with Crippen LogP contribution in [0.2, 0.25) is 0 Å². The molecule has 1 aromatic rings. The Kier molecular flexibility index (Phi) is 6.60. The van der Waals surface area contributed by atoms with Gasteiger partial charge < -0.3 is 10.2 Å². The van der Waals surface area contributed by atoms with Crippen LogP contribution in [0.25, 0.3) is 0 Å². The third-order valence-electron chi connectivity index (χ3n) is 3.54. The van der Waals surface area contributed by atoms with E-state index in [2.05, 4.69) is 27.7 Å². The molecule has 0 aliphatic rings. The minimum absolute atomic E-state index is 0.114. The van der Waals surface area contributed by atoms with Crippen LogP contribution in [-0.2, 0) is 35.3 Å². The summed E-state index contributed by atoms with van der Waals surface area (Å²) in [5.41, 5.74) is 3.50. The first kappa shape index (κ1) is 18.2. The van der Waals surface area contributed by atoms with Crippen LogP contribution in [0.15, 0.2) is 12.1 Å². The van der Waals surface area contributed by atoms with Crippen molar-refractivity contribution in [3.63, 3.8) is 0 Å². The lowest BCUT2D eigenvalue weighted by Crippen LogP contribution is -2.14. The Labute approximate surface area is 132 Å². The molecule has 0 amide bonds. The van der Waals surface area contributed by atoms with Gasteiger partial charge in [0.15, 0.2) is 0 Å². The van der Waals surface area contributed by atoms with Gasteiger partial charge in [-0.2, -0.15) is 0 Å². The average Bonchev–Trinajstić information content (AvgIpc) is 2.34. The largest absolute Gasteiger partial charge is 0.481 e. The average molecular weight is 306 g/mol. The van der Waals surface area contributed by atoms with Crippen molar-refractivity contribution in [1.82, 2.24) is 0 Å². The van der Waals surface area contributed by atoms with Crippen molar-refractivity contribution in [2.75, 3.05) is 0 Å². The molecule has 0 aliphatic carbocycles. The number of rotatable bonds is 8. The smallest absolute Gasteiger partial charge is 0.307 e. The fourth-order valence-corrected chi connectivity index (χ4v) is 2.78. The Bertz CT molecular complexity index is 544. The van der Waals surface area contributed by atoms with Gasteiger partial charge in [-0.05, 0) is 46.9 Å². The molecule has 0 saturated carbocycles. The normalized spacial score (nSPS) is 11.2. The molecular formula is C18H26O4. The van der Waals surface area contributed by atoms with Crippen LogP contribution in [0.3, 0.4) is 0 Å². The second kappa shape index (κ2) is 7.97. The molecule has 22 heavy (non-hydrogen) atoms. The van der Waals surface area contributed by atoms with E-state index in [1.165, 1.54) is 0 Å². The second-order valence-electron chi connectivity index (χ2n) is 6.68. The zero-order chi connectivity index (χ0) is 16.9. The SMILES string of the molecule is CC(C)Cc1ccc(CC(=O)O)c(CC(=O)O)c1CC(C)C. The quantitative estimate of drug-likeness (QED) is 0.772. The minimum atomic E-state index is -0.932. The van der Waals surface area contributed by atoms with Crippen molar-refractivity contribution in [2.45, 2.75) is 53.4 Å². The van der Waals surface area contributed by atoms with Gasteiger partial charge in [0.05, 0.1) is 12.8 Å². The van der Waals surface area contributed by atoms with E-state index < -0.39 is 11.9 Å².